The van der Waals surface area contributed by atoms with E-state index in [1.807, 2.05) is 18.2 Å². The smallest absolute Gasteiger partial charge is 0.267 e. The van der Waals surface area contributed by atoms with E-state index in [0.29, 0.717) is 5.56 Å². The molecule has 0 spiro atoms. The number of nitrogens with zero attached hydrogens (tertiary/aromatic N) is 1. The molecule has 0 radical (unpaired) electrons. The van der Waals surface area contributed by atoms with Crippen molar-refractivity contribution >= 4 is 12.1 Å². The van der Waals surface area contributed by atoms with Crippen molar-refractivity contribution in [3.05, 3.63) is 59.4 Å². The molecule has 2 nitrogen and oxygen atoms in total. The normalized spacial score (nSPS) is 12.9. The highest BCUT2D eigenvalue weighted by molar-refractivity contribution is 6.16. The molecule has 17 heavy (non-hydrogen) atoms. The van der Waals surface area contributed by atoms with Crippen molar-refractivity contribution in [3.63, 3.8) is 0 Å². The third kappa shape index (κ3) is 1.56. The zero-order chi connectivity index (χ0) is 11.8. The first-order valence-corrected chi connectivity index (χ1v) is 5.23. The quantitative estimate of drug-likeness (QED) is 0.733. The first-order chi connectivity index (χ1) is 8.25. The first-order valence-electron chi connectivity index (χ1n) is 5.23. The van der Waals surface area contributed by atoms with E-state index < -0.39 is 0 Å². The number of rotatable bonds is 1. The molecular formula is C14H8FNO. The van der Waals surface area contributed by atoms with Gasteiger partial charge in [0.15, 0.2) is 0 Å². The second-order valence-corrected chi connectivity index (χ2v) is 3.84. The minimum Gasteiger partial charge on any atom is -0.267 e. The fourth-order valence-electron chi connectivity index (χ4n) is 1.98. The molecule has 3 rings (SSSR count). The summed E-state index contributed by atoms with van der Waals surface area (Å²) in [5.41, 5.74) is 3.03. The number of carbonyl (C=O) groups excluding carboxylic acids is 1. The minimum atomic E-state index is -0.288. The van der Waals surface area contributed by atoms with Crippen molar-refractivity contribution in [2.45, 2.75) is 0 Å². The summed E-state index contributed by atoms with van der Waals surface area (Å²) in [6.45, 7) is 0. The standard InChI is InChI=1S/C14H8FNO/c15-11-6-4-9(5-7-11)12-3-1-2-10-8-16-14(17)13(10)12/h1-8H. The molecule has 2 aromatic carbocycles. The van der Waals surface area contributed by atoms with Crippen molar-refractivity contribution in [2.24, 2.45) is 4.99 Å². The second-order valence-electron chi connectivity index (χ2n) is 3.84. The Labute approximate surface area is 97.4 Å². The molecule has 3 heteroatoms. The summed E-state index contributed by atoms with van der Waals surface area (Å²) in [4.78, 5) is 15.4. The molecule has 0 atom stereocenters. The Kier molecular flexibility index (Phi) is 2.11. The van der Waals surface area contributed by atoms with E-state index in [1.165, 1.54) is 12.1 Å². The number of fused-ring (bicyclic) bond motifs is 1. The van der Waals surface area contributed by atoms with Crippen molar-refractivity contribution < 1.29 is 9.18 Å². The van der Waals surface area contributed by atoms with Gasteiger partial charge in [0.2, 0.25) is 0 Å². The molecule has 0 N–H and O–H groups in total. The van der Waals surface area contributed by atoms with Crippen LogP contribution in [0, 0.1) is 5.82 Å². The topological polar surface area (TPSA) is 29.4 Å². The molecule has 82 valence electrons. The van der Waals surface area contributed by atoms with Gasteiger partial charge < -0.3 is 0 Å². The average Bonchev–Trinajstić information content (AvgIpc) is 2.73. The van der Waals surface area contributed by atoms with Gasteiger partial charge in [-0.05, 0) is 23.3 Å². The molecular weight excluding hydrogens is 217 g/mol. The largest absolute Gasteiger partial charge is 0.278 e. The van der Waals surface area contributed by atoms with Gasteiger partial charge in [0, 0.05) is 11.8 Å². The lowest BCUT2D eigenvalue weighted by Crippen LogP contribution is -1.96. The van der Waals surface area contributed by atoms with Gasteiger partial charge in [0.05, 0.1) is 5.56 Å². The third-order valence-corrected chi connectivity index (χ3v) is 2.79. The summed E-state index contributed by atoms with van der Waals surface area (Å²) in [6.07, 6.45) is 1.56. The van der Waals surface area contributed by atoms with Crippen LogP contribution in [0.2, 0.25) is 0 Å². The average molecular weight is 225 g/mol. The Morgan fingerprint density at radius 1 is 1.00 bits per heavy atom. The summed E-state index contributed by atoms with van der Waals surface area (Å²) < 4.78 is 12.9. The molecule has 0 saturated carbocycles. The van der Waals surface area contributed by atoms with Crippen LogP contribution in [0.5, 0.6) is 0 Å². The molecule has 0 aromatic heterocycles. The lowest BCUT2D eigenvalue weighted by Gasteiger charge is -2.06. The van der Waals surface area contributed by atoms with Crippen LogP contribution in [0.1, 0.15) is 15.9 Å². The molecule has 1 amide bonds. The van der Waals surface area contributed by atoms with E-state index in [1.54, 1.807) is 18.3 Å². The Bertz CT molecular complexity index is 629. The van der Waals surface area contributed by atoms with Gasteiger partial charge in [-0.15, -0.1) is 0 Å². The van der Waals surface area contributed by atoms with Gasteiger partial charge in [0.25, 0.3) is 5.91 Å². The van der Waals surface area contributed by atoms with Crippen molar-refractivity contribution in [3.8, 4) is 11.1 Å². The maximum Gasteiger partial charge on any atom is 0.278 e. The Morgan fingerprint density at radius 2 is 1.76 bits per heavy atom. The van der Waals surface area contributed by atoms with Crippen LogP contribution in [0.15, 0.2) is 47.5 Å². The Morgan fingerprint density at radius 3 is 2.53 bits per heavy atom. The molecule has 0 bridgehead atoms. The number of amides is 1. The minimum absolute atomic E-state index is 0.236. The lowest BCUT2D eigenvalue weighted by molar-refractivity contribution is 0.101. The van der Waals surface area contributed by atoms with Crippen molar-refractivity contribution in [1.82, 2.24) is 0 Å². The summed E-state index contributed by atoms with van der Waals surface area (Å²) in [7, 11) is 0. The number of benzene rings is 2. The van der Waals surface area contributed by atoms with E-state index in [2.05, 4.69) is 4.99 Å². The number of hydrogen-bond acceptors (Lipinski definition) is 1. The monoisotopic (exact) mass is 225 g/mol. The van der Waals surface area contributed by atoms with Crippen LogP contribution < -0.4 is 0 Å². The van der Waals surface area contributed by atoms with Crippen LogP contribution in [0.4, 0.5) is 4.39 Å². The highest BCUT2D eigenvalue weighted by Gasteiger charge is 2.19. The van der Waals surface area contributed by atoms with Gasteiger partial charge in [-0.1, -0.05) is 30.3 Å². The summed E-state index contributed by atoms with van der Waals surface area (Å²) in [6, 6.07) is 11.6. The summed E-state index contributed by atoms with van der Waals surface area (Å²) in [5, 5.41) is 0. The van der Waals surface area contributed by atoms with Crippen LogP contribution in [-0.4, -0.2) is 12.1 Å². The maximum atomic E-state index is 12.9. The molecule has 1 aliphatic heterocycles. The molecule has 1 heterocycles. The van der Waals surface area contributed by atoms with Crippen LogP contribution in [0.3, 0.4) is 0 Å². The van der Waals surface area contributed by atoms with Crippen LogP contribution >= 0.6 is 0 Å². The van der Waals surface area contributed by atoms with E-state index in [9.17, 15) is 9.18 Å². The summed E-state index contributed by atoms with van der Waals surface area (Å²) in [5.74, 6) is -0.524. The predicted molar refractivity (Wildman–Crippen MR) is 63.8 cm³/mol. The van der Waals surface area contributed by atoms with E-state index in [0.717, 1.165) is 16.7 Å². The van der Waals surface area contributed by atoms with Crippen molar-refractivity contribution in [2.75, 3.05) is 0 Å². The highest BCUT2D eigenvalue weighted by Crippen LogP contribution is 2.28. The van der Waals surface area contributed by atoms with Crippen LogP contribution in [0.25, 0.3) is 11.1 Å². The van der Waals surface area contributed by atoms with Gasteiger partial charge in [-0.25, -0.2) is 9.38 Å². The fraction of sp³-hybridized carbons (Fsp3) is 0. The maximum absolute atomic E-state index is 12.9. The summed E-state index contributed by atoms with van der Waals surface area (Å²) >= 11 is 0. The number of aliphatic imine (C=N–C) groups is 1. The SMILES string of the molecule is O=C1N=Cc2cccc(-c3ccc(F)cc3)c21. The predicted octanol–water partition coefficient (Wildman–Crippen LogP) is 3.07. The van der Waals surface area contributed by atoms with E-state index in [4.69, 9.17) is 0 Å². The number of carbonyl (C=O) groups is 1. The van der Waals surface area contributed by atoms with Gasteiger partial charge in [-0.3, -0.25) is 4.79 Å². The Hall–Kier alpha value is -2.29. The first kappa shape index (κ1) is 9.90. The van der Waals surface area contributed by atoms with Crippen LogP contribution in [-0.2, 0) is 0 Å². The second kappa shape index (κ2) is 3.63. The van der Waals surface area contributed by atoms with Gasteiger partial charge in [0.1, 0.15) is 5.82 Å². The molecule has 0 fully saturated rings. The highest BCUT2D eigenvalue weighted by atomic mass is 19.1. The number of hydrogen-bond donors (Lipinski definition) is 0. The third-order valence-electron chi connectivity index (χ3n) is 2.79. The molecule has 0 saturated heterocycles. The van der Waals surface area contributed by atoms with E-state index >= 15 is 0 Å². The zero-order valence-electron chi connectivity index (χ0n) is 8.85. The lowest BCUT2D eigenvalue weighted by atomic mass is 9.96. The Balaban J connectivity index is 2.20. The number of halogens is 1. The molecule has 0 aliphatic carbocycles. The zero-order valence-corrected chi connectivity index (χ0v) is 8.85. The fourth-order valence-corrected chi connectivity index (χ4v) is 1.98. The van der Waals surface area contributed by atoms with Gasteiger partial charge in [-0.2, -0.15) is 0 Å². The van der Waals surface area contributed by atoms with E-state index in [-0.39, 0.29) is 11.7 Å². The van der Waals surface area contributed by atoms with Gasteiger partial charge >= 0.3 is 0 Å². The molecule has 0 unspecified atom stereocenters. The van der Waals surface area contributed by atoms with Crippen molar-refractivity contribution in [1.29, 1.82) is 0 Å². The molecule has 2 aromatic rings. The molecule has 1 aliphatic rings.